The highest BCUT2D eigenvalue weighted by Gasteiger charge is 2.24. The zero-order chi connectivity index (χ0) is 22.7. The number of fused-ring (bicyclic) bond motifs is 4. The normalized spacial score (nSPS) is 14.5. The summed E-state index contributed by atoms with van der Waals surface area (Å²) in [6, 6.07) is 19.4. The van der Waals surface area contributed by atoms with Crippen LogP contribution in [0.25, 0.3) is 48.9 Å². The number of pyridine rings is 1. The van der Waals surface area contributed by atoms with E-state index in [0.717, 1.165) is 33.2 Å². The summed E-state index contributed by atoms with van der Waals surface area (Å²) in [6.07, 6.45) is 5.34. The summed E-state index contributed by atoms with van der Waals surface area (Å²) in [5.74, 6) is 0.717. The lowest BCUT2D eigenvalue weighted by Gasteiger charge is -2.12. The number of aromatic nitrogens is 1. The predicted octanol–water partition coefficient (Wildman–Crippen LogP) is 8.06. The zero-order valence-electron chi connectivity index (χ0n) is 19.4. The smallest absolute Gasteiger partial charge is 0.216 e. The van der Waals surface area contributed by atoms with Crippen LogP contribution in [0.3, 0.4) is 0 Å². The van der Waals surface area contributed by atoms with E-state index < -0.39 is 0 Å². The Morgan fingerprint density at radius 3 is 2.55 bits per heavy atom. The van der Waals surface area contributed by atoms with Crippen LogP contribution in [0.15, 0.2) is 59.0 Å². The largest absolute Gasteiger partial charge is 0.456 e. The SMILES string of the molecule is [C-]#[N+]c1ccc2c(c1)oc1c(-c3ccc4cc(C5CCCC5)ccc4[n+]3C)c(C)c(C)cc12. The molecule has 0 radical (unpaired) electrons. The van der Waals surface area contributed by atoms with Gasteiger partial charge in [-0.25, -0.2) is 4.85 Å². The Bertz CT molecular complexity index is 1610. The predicted molar refractivity (Wildman–Crippen MR) is 135 cm³/mol. The van der Waals surface area contributed by atoms with Gasteiger partial charge in [0, 0.05) is 28.3 Å². The third kappa shape index (κ3) is 3.05. The molecule has 0 bridgehead atoms. The number of aryl methyl sites for hydroxylation is 2. The lowest BCUT2D eigenvalue weighted by Crippen LogP contribution is -2.32. The fraction of sp³-hybridized carbons (Fsp3) is 0.267. The molecule has 162 valence electrons. The number of hydrogen-bond donors (Lipinski definition) is 0. The molecular weight excluding hydrogens is 404 g/mol. The van der Waals surface area contributed by atoms with E-state index in [1.807, 2.05) is 18.2 Å². The first-order chi connectivity index (χ1) is 16.0. The van der Waals surface area contributed by atoms with E-state index in [9.17, 15) is 0 Å². The molecule has 6 rings (SSSR count). The number of benzene rings is 3. The van der Waals surface area contributed by atoms with Crippen molar-refractivity contribution in [2.24, 2.45) is 7.05 Å². The molecule has 1 aliphatic carbocycles. The molecule has 1 saturated carbocycles. The molecule has 0 aliphatic heterocycles. The lowest BCUT2D eigenvalue weighted by atomic mass is 9.94. The van der Waals surface area contributed by atoms with Crippen LogP contribution in [0.4, 0.5) is 5.69 Å². The van der Waals surface area contributed by atoms with Crippen LogP contribution in [0.5, 0.6) is 0 Å². The van der Waals surface area contributed by atoms with E-state index in [1.165, 1.54) is 53.3 Å². The molecule has 2 aromatic heterocycles. The summed E-state index contributed by atoms with van der Waals surface area (Å²) in [4.78, 5) is 3.58. The fourth-order valence-corrected chi connectivity index (χ4v) is 5.69. The van der Waals surface area contributed by atoms with Crippen LogP contribution >= 0.6 is 0 Å². The van der Waals surface area contributed by atoms with Gasteiger partial charge in [0.1, 0.15) is 18.2 Å². The molecule has 2 heterocycles. The van der Waals surface area contributed by atoms with E-state index in [2.05, 4.69) is 66.7 Å². The summed E-state index contributed by atoms with van der Waals surface area (Å²) in [7, 11) is 2.15. The van der Waals surface area contributed by atoms with E-state index in [-0.39, 0.29) is 0 Å². The molecule has 3 heteroatoms. The van der Waals surface area contributed by atoms with Gasteiger partial charge in [-0.15, -0.1) is 0 Å². The van der Waals surface area contributed by atoms with Crippen molar-refractivity contribution in [3.63, 3.8) is 0 Å². The Labute approximate surface area is 194 Å². The Kier molecular flexibility index (Phi) is 4.52. The Morgan fingerprint density at radius 2 is 1.76 bits per heavy atom. The monoisotopic (exact) mass is 431 g/mol. The number of hydrogen-bond acceptors (Lipinski definition) is 1. The summed E-state index contributed by atoms with van der Waals surface area (Å²) in [5.41, 5.74) is 9.73. The molecule has 0 saturated heterocycles. The second-order valence-electron chi connectivity index (χ2n) is 9.54. The van der Waals surface area contributed by atoms with Crippen LogP contribution in [0.2, 0.25) is 0 Å². The number of nitrogens with zero attached hydrogens (tertiary/aromatic N) is 2. The van der Waals surface area contributed by atoms with Gasteiger partial charge in [-0.05, 0) is 73.6 Å². The first-order valence-corrected chi connectivity index (χ1v) is 11.8. The minimum absolute atomic E-state index is 0.603. The average Bonchev–Trinajstić information content (AvgIpc) is 3.48. The quantitative estimate of drug-likeness (QED) is 0.205. The molecule has 5 aromatic rings. The molecule has 0 spiro atoms. The lowest BCUT2D eigenvalue weighted by molar-refractivity contribution is -0.633. The first-order valence-electron chi connectivity index (χ1n) is 11.8. The van der Waals surface area contributed by atoms with Crippen LogP contribution in [-0.4, -0.2) is 0 Å². The van der Waals surface area contributed by atoms with E-state index >= 15 is 0 Å². The van der Waals surface area contributed by atoms with Gasteiger partial charge in [0.05, 0.1) is 12.1 Å². The molecule has 0 unspecified atom stereocenters. The molecule has 33 heavy (non-hydrogen) atoms. The van der Waals surface area contributed by atoms with Gasteiger partial charge in [-0.3, -0.25) is 0 Å². The summed E-state index contributed by atoms with van der Waals surface area (Å²) >= 11 is 0. The van der Waals surface area contributed by atoms with Gasteiger partial charge >= 0.3 is 0 Å². The van der Waals surface area contributed by atoms with Gasteiger partial charge in [0.25, 0.3) is 0 Å². The highest BCUT2D eigenvalue weighted by Crippen LogP contribution is 2.40. The second-order valence-corrected chi connectivity index (χ2v) is 9.54. The molecule has 3 aromatic carbocycles. The maximum absolute atomic E-state index is 7.35. The Balaban J connectivity index is 1.59. The van der Waals surface area contributed by atoms with Crippen molar-refractivity contribution < 1.29 is 8.98 Å². The van der Waals surface area contributed by atoms with Gasteiger partial charge in [-0.1, -0.05) is 31.0 Å². The van der Waals surface area contributed by atoms with Crippen molar-refractivity contribution in [3.8, 4) is 11.3 Å². The second kappa shape index (κ2) is 7.46. The summed E-state index contributed by atoms with van der Waals surface area (Å²) < 4.78 is 8.71. The highest BCUT2D eigenvalue weighted by atomic mass is 16.3. The standard InChI is InChI=1S/C30H27N2O/c1-18-15-25-24-12-11-23(31-3)17-28(24)33-30(25)29(19(18)2)27-14-10-22-16-21(20-7-5-6-8-20)9-13-26(22)32(27)4/h9-17,20H,5-8H2,1-2,4H3/q+1. The molecule has 3 nitrogen and oxygen atoms in total. The summed E-state index contributed by atoms with van der Waals surface area (Å²) in [5, 5.41) is 3.46. The van der Waals surface area contributed by atoms with Crippen molar-refractivity contribution in [2.45, 2.75) is 45.4 Å². The molecule has 0 atom stereocenters. The zero-order valence-corrected chi connectivity index (χ0v) is 19.4. The van der Waals surface area contributed by atoms with Crippen LogP contribution in [0.1, 0.15) is 48.3 Å². The maximum Gasteiger partial charge on any atom is 0.216 e. The molecule has 0 amide bonds. The minimum atomic E-state index is 0.603. The van der Waals surface area contributed by atoms with Crippen molar-refractivity contribution in [3.05, 3.63) is 82.7 Å². The van der Waals surface area contributed by atoms with E-state index in [0.29, 0.717) is 11.6 Å². The third-order valence-electron chi connectivity index (χ3n) is 7.67. The van der Waals surface area contributed by atoms with Crippen molar-refractivity contribution >= 4 is 38.5 Å². The van der Waals surface area contributed by atoms with Crippen LogP contribution < -0.4 is 4.57 Å². The first kappa shape index (κ1) is 20.0. The topological polar surface area (TPSA) is 21.4 Å². The van der Waals surface area contributed by atoms with Crippen molar-refractivity contribution in [2.75, 3.05) is 0 Å². The van der Waals surface area contributed by atoms with Gasteiger partial charge in [0.15, 0.2) is 5.69 Å². The van der Waals surface area contributed by atoms with Crippen LogP contribution in [0, 0.1) is 20.4 Å². The minimum Gasteiger partial charge on any atom is -0.456 e. The number of rotatable bonds is 2. The fourth-order valence-electron chi connectivity index (χ4n) is 5.69. The number of furan rings is 1. The van der Waals surface area contributed by atoms with Gasteiger partial charge in [0.2, 0.25) is 11.2 Å². The van der Waals surface area contributed by atoms with E-state index in [4.69, 9.17) is 11.0 Å². The van der Waals surface area contributed by atoms with Crippen molar-refractivity contribution in [1.29, 1.82) is 0 Å². The molecule has 1 aliphatic rings. The Morgan fingerprint density at radius 1 is 0.939 bits per heavy atom. The van der Waals surface area contributed by atoms with Crippen molar-refractivity contribution in [1.82, 2.24) is 0 Å². The Hall–Kier alpha value is -3.64. The third-order valence-corrected chi connectivity index (χ3v) is 7.67. The van der Waals surface area contributed by atoms with E-state index in [1.54, 1.807) is 0 Å². The maximum atomic E-state index is 7.35. The molecule has 1 fully saturated rings. The molecular formula is C30H27N2O+. The van der Waals surface area contributed by atoms with Gasteiger partial charge < -0.3 is 4.42 Å². The average molecular weight is 432 g/mol. The highest BCUT2D eigenvalue weighted by molar-refractivity contribution is 6.10. The summed E-state index contributed by atoms with van der Waals surface area (Å²) in [6.45, 7) is 11.7. The van der Waals surface area contributed by atoms with Crippen LogP contribution in [-0.2, 0) is 7.05 Å². The molecule has 0 N–H and O–H groups in total. The van der Waals surface area contributed by atoms with Gasteiger partial charge in [-0.2, -0.15) is 4.57 Å².